The third-order valence-corrected chi connectivity index (χ3v) is 9.52. The van der Waals surface area contributed by atoms with E-state index in [-0.39, 0.29) is 31.5 Å². The molecule has 0 spiro atoms. The van der Waals surface area contributed by atoms with E-state index >= 15 is 0 Å². The van der Waals surface area contributed by atoms with Crippen LogP contribution in [-0.4, -0.2) is 65.6 Å². The highest BCUT2D eigenvalue weighted by Crippen LogP contribution is 2.44. The van der Waals surface area contributed by atoms with Crippen LogP contribution in [0.5, 0.6) is 5.75 Å². The van der Waals surface area contributed by atoms with E-state index in [2.05, 4.69) is 33.5 Å². The van der Waals surface area contributed by atoms with Crippen LogP contribution in [0, 0.1) is 0 Å². The van der Waals surface area contributed by atoms with E-state index in [1.807, 2.05) is 139 Å². The summed E-state index contributed by atoms with van der Waals surface area (Å²) in [4.78, 5) is 53.6. The smallest absolute Gasteiger partial charge is 0.407 e. The second-order valence-electron chi connectivity index (χ2n) is 16.9. The average molecular weight is 806 g/mol. The summed E-state index contributed by atoms with van der Waals surface area (Å²) in [6.45, 7) is 13.7. The molecule has 0 saturated heterocycles. The quantitative estimate of drug-likeness (QED) is 0.0695. The maximum absolute atomic E-state index is 14.2. The Morgan fingerprint density at radius 2 is 1.31 bits per heavy atom. The van der Waals surface area contributed by atoms with Crippen molar-refractivity contribution in [1.29, 1.82) is 0 Å². The van der Waals surface area contributed by atoms with Crippen LogP contribution in [0.1, 0.15) is 95.9 Å². The number of carbonyl (C=O) groups is 4. The summed E-state index contributed by atoms with van der Waals surface area (Å²) in [6.07, 6.45) is 0.972. The Morgan fingerprint density at radius 1 is 0.695 bits per heavy atom. The van der Waals surface area contributed by atoms with Crippen LogP contribution in [0.4, 0.5) is 14.4 Å². The Kier molecular flexibility index (Phi) is 15.0. The number of hydrazine groups is 1. The topological polar surface area (TPSA) is 147 Å². The fraction of sp³-hybridized carbons (Fsp3) is 0.404. The number of amides is 5. The van der Waals surface area contributed by atoms with Crippen LogP contribution < -0.4 is 26.1 Å². The summed E-state index contributed by atoms with van der Waals surface area (Å²) in [6, 6.07) is 31.0. The molecule has 0 fully saturated rings. The lowest BCUT2D eigenvalue weighted by Gasteiger charge is -2.28. The van der Waals surface area contributed by atoms with Gasteiger partial charge in [0.2, 0.25) is 0 Å². The molecule has 1 aliphatic rings. The Labute approximate surface area is 348 Å². The first kappa shape index (κ1) is 44.1. The number of alkyl carbamates (subject to hydrolysis) is 2. The van der Waals surface area contributed by atoms with Gasteiger partial charge in [0.1, 0.15) is 29.6 Å². The fourth-order valence-electron chi connectivity index (χ4n) is 6.85. The fourth-order valence-corrected chi connectivity index (χ4v) is 6.85. The molecule has 4 N–H and O–H groups in total. The molecule has 0 saturated carbocycles. The Hall–Kier alpha value is -6.04. The van der Waals surface area contributed by atoms with Crippen LogP contribution >= 0.6 is 0 Å². The van der Waals surface area contributed by atoms with E-state index in [1.54, 1.807) is 0 Å². The van der Waals surface area contributed by atoms with Crippen LogP contribution in [0.15, 0.2) is 103 Å². The Morgan fingerprint density at radius 3 is 1.92 bits per heavy atom. The molecule has 4 aromatic rings. The number of nitrogens with one attached hydrogen (secondary N) is 4. The molecule has 1 aliphatic carbocycles. The maximum Gasteiger partial charge on any atom is 0.407 e. The minimum Gasteiger partial charge on any atom is -0.488 e. The van der Waals surface area contributed by atoms with E-state index in [0.29, 0.717) is 25.1 Å². The molecule has 0 radical (unpaired) electrons. The SMILES string of the molecule is C[C@@H](CCCCNC(=O)OC(C)(C)C)NC(=O)N(Cc1ccc(OC(C)(C)C)cc1)NC(=O)[C@H](Cc1ccccc1)NC(=O)OCC1c2ccccc2-c2ccccc21. The van der Waals surface area contributed by atoms with E-state index in [4.69, 9.17) is 14.2 Å². The molecule has 0 unspecified atom stereocenters. The average Bonchev–Trinajstić information content (AvgIpc) is 3.49. The molecule has 0 bridgehead atoms. The second kappa shape index (κ2) is 20.1. The van der Waals surface area contributed by atoms with Gasteiger partial charge in [-0.25, -0.2) is 19.4 Å². The van der Waals surface area contributed by atoms with Crippen molar-refractivity contribution in [3.63, 3.8) is 0 Å². The third kappa shape index (κ3) is 13.8. The zero-order valence-electron chi connectivity index (χ0n) is 35.3. The molecule has 12 nitrogen and oxygen atoms in total. The molecular formula is C47H59N5O7. The predicted octanol–water partition coefficient (Wildman–Crippen LogP) is 8.64. The van der Waals surface area contributed by atoms with Crippen LogP contribution in [0.2, 0.25) is 0 Å². The van der Waals surface area contributed by atoms with Crippen molar-refractivity contribution < 1.29 is 33.4 Å². The normalized spacial score (nSPS) is 13.2. The monoisotopic (exact) mass is 805 g/mol. The molecule has 0 aliphatic heterocycles. The van der Waals surface area contributed by atoms with Gasteiger partial charge in [0, 0.05) is 24.9 Å². The lowest BCUT2D eigenvalue weighted by molar-refractivity contribution is -0.127. The highest BCUT2D eigenvalue weighted by molar-refractivity contribution is 5.88. The van der Waals surface area contributed by atoms with E-state index in [1.165, 1.54) is 5.01 Å². The first-order valence-corrected chi connectivity index (χ1v) is 20.3. The zero-order chi connectivity index (χ0) is 42.6. The number of hydrogen-bond donors (Lipinski definition) is 4. The van der Waals surface area contributed by atoms with Gasteiger partial charge in [0.25, 0.3) is 5.91 Å². The van der Waals surface area contributed by atoms with Gasteiger partial charge in [0.15, 0.2) is 0 Å². The molecule has 5 rings (SSSR count). The lowest BCUT2D eigenvalue weighted by atomic mass is 9.98. The maximum atomic E-state index is 14.2. The number of rotatable bonds is 15. The Bertz CT molecular complexity index is 1980. The van der Waals surface area contributed by atoms with Gasteiger partial charge < -0.3 is 30.2 Å². The number of urea groups is 1. The first-order chi connectivity index (χ1) is 28.0. The highest BCUT2D eigenvalue weighted by atomic mass is 16.6. The molecule has 314 valence electrons. The van der Waals surface area contributed by atoms with Crippen LogP contribution in [0.25, 0.3) is 11.1 Å². The number of benzene rings is 4. The number of unbranched alkanes of at least 4 members (excludes halogenated alkanes) is 1. The summed E-state index contributed by atoms with van der Waals surface area (Å²) in [5, 5.41) is 9.77. The number of carbonyl (C=O) groups excluding carboxylic acids is 4. The van der Waals surface area contributed by atoms with E-state index in [0.717, 1.165) is 39.8 Å². The molecule has 2 atom stereocenters. The highest BCUT2D eigenvalue weighted by Gasteiger charge is 2.31. The summed E-state index contributed by atoms with van der Waals surface area (Å²) in [7, 11) is 0. The van der Waals surface area contributed by atoms with Crippen molar-refractivity contribution in [2.75, 3.05) is 13.2 Å². The number of ether oxygens (including phenoxy) is 3. The molecular weight excluding hydrogens is 747 g/mol. The molecule has 5 amide bonds. The van der Waals surface area contributed by atoms with Gasteiger partial charge in [-0.1, -0.05) is 91.0 Å². The molecule has 0 heterocycles. The summed E-state index contributed by atoms with van der Waals surface area (Å²) < 4.78 is 17.1. The molecule has 0 aromatic heterocycles. The molecule has 59 heavy (non-hydrogen) atoms. The number of hydrogen-bond acceptors (Lipinski definition) is 7. The van der Waals surface area contributed by atoms with Crippen molar-refractivity contribution in [2.24, 2.45) is 0 Å². The van der Waals surface area contributed by atoms with Gasteiger partial charge in [0.05, 0.1) is 6.54 Å². The van der Waals surface area contributed by atoms with E-state index < -0.39 is 41.4 Å². The molecule has 12 heteroatoms. The van der Waals surface area contributed by atoms with Gasteiger partial charge >= 0.3 is 18.2 Å². The number of nitrogens with zero attached hydrogens (tertiary/aromatic N) is 1. The largest absolute Gasteiger partial charge is 0.488 e. The van der Waals surface area contributed by atoms with Gasteiger partial charge in [-0.2, -0.15) is 0 Å². The lowest BCUT2D eigenvalue weighted by Crippen LogP contribution is -2.57. The summed E-state index contributed by atoms with van der Waals surface area (Å²) in [5.41, 5.74) is 7.75. The predicted molar refractivity (Wildman–Crippen MR) is 229 cm³/mol. The van der Waals surface area contributed by atoms with Gasteiger partial charge in [-0.05, 0) is 113 Å². The summed E-state index contributed by atoms with van der Waals surface area (Å²) >= 11 is 0. The standard InChI is InChI=1S/C47H59N5O7/c1-32(17-15-16-28-48-44(55)59-47(5,6)7)49-43(54)52(30-34-24-26-35(27-25-34)58-46(2,3)4)51-42(53)41(29-33-18-9-8-10-19-33)50-45(56)57-31-40-38-22-13-11-20-36(38)37-21-12-14-23-39(37)40/h8-14,18-27,32,40-41H,15-17,28-31H2,1-7H3,(H,48,55)(H,49,54)(H,50,56)(H,51,53)/t32-,41-/m0/s1. The van der Waals surface area contributed by atoms with Gasteiger partial charge in [-0.3, -0.25) is 10.2 Å². The van der Waals surface area contributed by atoms with E-state index in [9.17, 15) is 19.2 Å². The second-order valence-corrected chi connectivity index (χ2v) is 16.9. The van der Waals surface area contributed by atoms with Crippen LogP contribution in [-0.2, 0) is 27.2 Å². The van der Waals surface area contributed by atoms with Crippen molar-refractivity contribution in [3.05, 3.63) is 125 Å². The van der Waals surface area contributed by atoms with Crippen molar-refractivity contribution in [3.8, 4) is 16.9 Å². The molecule has 4 aromatic carbocycles. The minimum absolute atomic E-state index is 0.0307. The van der Waals surface area contributed by atoms with Crippen molar-refractivity contribution >= 4 is 24.1 Å². The first-order valence-electron chi connectivity index (χ1n) is 20.3. The van der Waals surface area contributed by atoms with Gasteiger partial charge in [-0.15, -0.1) is 0 Å². The van der Waals surface area contributed by atoms with Crippen molar-refractivity contribution in [1.82, 2.24) is 26.4 Å². The van der Waals surface area contributed by atoms with Crippen LogP contribution in [0.3, 0.4) is 0 Å². The summed E-state index contributed by atoms with van der Waals surface area (Å²) in [5.74, 6) is -0.0745. The van der Waals surface area contributed by atoms with Crippen molar-refractivity contribution in [2.45, 2.75) is 110 Å². The number of fused-ring (bicyclic) bond motifs is 3. The zero-order valence-corrected chi connectivity index (χ0v) is 35.3. The minimum atomic E-state index is -1.08. The third-order valence-electron chi connectivity index (χ3n) is 9.52. The Balaban J connectivity index is 1.26.